The number of aromatic amines is 1. The molecule has 5 rings (SSSR count). The van der Waals surface area contributed by atoms with E-state index in [-0.39, 0.29) is 18.8 Å². The summed E-state index contributed by atoms with van der Waals surface area (Å²) < 4.78 is 32.5. The summed E-state index contributed by atoms with van der Waals surface area (Å²) in [6, 6.07) is 5.74. The summed E-state index contributed by atoms with van der Waals surface area (Å²) in [6.45, 7) is -0.0641. The largest absolute Gasteiger partial charge is 0.394 e. The summed E-state index contributed by atoms with van der Waals surface area (Å²) in [5, 5.41) is 20.9. The number of rotatable bonds is 8. The Kier molecular flexibility index (Phi) is 6.14. The Balaban J connectivity index is 1.33. The summed E-state index contributed by atoms with van der Waals surface area (Å²) in [5.74, 6) is 0.560. The number of nitrogens with one attached hydrogen (secondary N) is 2. The van der Waals surface area contributed by atoms with Crippen molar-refractivity contribution in [3.8, 4) is 11.1 Å². The van der Waals surface area contributed by atoms with E-state index in [9.17, 15) is 8.78 Å². The third kappa shape index (κ3) is 4.64. The van der Waals surface area contributed by atoms with Crippen LogP contribution in [0, 0.1) is 0 Å². The fourth-order valence-corrected chi connectivity index (χ4v) is 4.39. The normalized spacial score (nSPS) is 19.0. The van der Waals surface area contributed by atoms with E-state index in [0.717, 1.165) is 42.2 Å². The zero-order valence-electron chi connectivity index (χ0n) is 17.9. The Labute approximate surface area is 188 Å². The van der Waals surface area contributed by atoms with Gasteiger partial charge in [-0.2, -0.15) is 4.98 Å². The molecule has 11 heteroatoms. The minimum absolute atomic E-state index is 0.0499. The van der Waals surface area contributed by atoms with Gasteiger partial charge in [-0.05, 0) is 43.4 Å². The van der Waals surface area contributed by atoms with Gasteiger partial charge in [-0.15, -0.1) is 5.10 Å². The van der Waals surface area contributed by atoms with Crippen LogP contribution < -0.4 is 5.32 Å². The molecule has 0 aliphatic heterocycles. The predicted octanol–water partition coefficient (Wildman–Crippen LogP) is 3.37. The van der Waals surface area contributed by atoms with Crippen molar-refractivity contribution in [2.24, 2.45) is 0 Å². The van der Waals surface area contributed by atoms with E-state index in [1.807, 2.05) is 18.3 Å². The average molecular weight is 457 g/mol. The van der Waals surface area contributed by atoms with Gasteiger partial charge in [0.2, 0.25) is 5.95 Å². The van der Waals surface area contributed by atoms with Crippen molar-refractivity contribution in [2.75, 3.05) is 18.5 Å². The SMILES string of the molecule is OCCO[C@H]1CC[C@H](Nc2ncc3c(-c4ccc5nnn(CC(F)F)c5c4)c[nH]c3n2)CC1. The molecule has 0 saturated heterocycles. The molecule has 174 valence electrons. The van der Waals surface area contributed by atoms with Crippen molar-refractivity contribution >= 4 is 28.0 Å². The molecule has 1 saturated carbocycles. The minimum atomic E-state index is -2.51. The summed E-state index contributed by atoms with van der Waals surface area (Å²) >= 11 is 0. The molecule has 1 aromatic carbocycles. The molecule has 0 spiro atoms. The summed E-state index contributed by atoms with van der Waals surface area (Å²) in [5.41, 5.74) is 3.54. The molecular formula is C22H25F2N7O2. The zero-order chi connectivity index (χ0) is 22.8. The molecule has 1 aliphatic rings. The smallest absolute Gasteiger partial charge is 0.258 e. The van der Waals surface area contributed by atoms with Crippen molar-refractivity contribution in [2.45, 2.75) is 50.8 Å². The third-order valence-electron chi connectivity index (χ3n) is 6.02. The number of ether oxygens (including phenoxy) is 1. The van der Waals surface area contributed by atoms with Crippen LogP contribution in [0.3, 0.4) is 0 Å². The van der Waals surface area contributed by atoms with Gasteiger partial charge in [0.25, 0.3) is 6.43 Å². The highest BCUT2D eigenvalue weighted by Crippen LogP contribution is 2.30. The van der Waals surface area contributed by atoms with E-state index in [0.29, 0.717) is 29.2 Å². The highest BCUT2D eigenvalue weighted by Gasteiger charge is 2.22. The molecule has 3 heterocycles. The molecule has 1 aliphatic carbocycles. The van der Waals surface area contributed by atoms with Gasteiger partial charge >= 0.3 is 0 Å². The number of aliphatic hydroxyl groups excluding tert-OH is 1. The molecule has 0 bridgehead atoms. The third-order valence-corrected chi connectivity index (χ3v) is 6.02. The first-order chi connectivity index (χ1) is 16.1. The van der Waals surface area contributed by atoms with Crippen LogP contribution in [0.25, 0.3) is 33.2 Å². The van der Waals surface area contributed by atoms with Crippen LogP contribution in [0.2, 0.25) is 0 Å². The molecule has 0 atom stereocenters. The molecule has 0 radical (unpaired) electrons. The lowest BCUT2D eigenvalue weighted by molar-refractivity contribution is 0.00719. The van der Waals surface area contributed by atoms with Gasteiger partial charge in [0.15, 0.2) is 0 Å². The van der Waals surface area contributed by atoms with Crippen molar-refractivity contribution in [3.05, 3.63) is 30.6 Å². The molecule has 1 fully saturated rings. The summed E-state index contributed by atoms with van der Waals surface area (Å²) in [6.07, 6.45) is 5.09. The Bertz CT molecular complexity index is 1230. The molecule has 9 nitrogen and oxygen atoms in total. The van der Waals surface area contributed by atoms with Gasteiger partial charge in [-0.3, -0.25) is 0 Å². The first-order valence-corrected chi connectivity index (χ1v) is 11.1. The van der Waals surface area contributed by atoms with Gasteiger partial charge in [-0.1, -0.05) is 11.3 Å². The minimum Gasteiger partial charge on any atom is -0.394 e. The number of anilines is 1. The monoisotopic (exact) mass is 457 g/mol. The second-order valence-electron chi connectivity index (χ2n) is 8.24. The predicted molar refractivity (Wildman–Crippen MR) is 119 cm³/mol. The maximum atomic E-state index is 12.9. The van der Waals surface area contributed by atoms with E-state index in [4.69, 9.17) is 9.84 Å². The lowest BCUT2D eigenvalue weighted by atomic mass is 9.93. The molecular weight excluding hydrogens is 432 g/mol. The zero-order valence-corrected chi connectivity index (χ0v) is 17.9. The Morgan fingerprint density at radius 2 is 2.09 bits per heavy atom. The first kappa shape index (κ1) is 21.7. The summed E-state index contributed by atoms with van der Waals surface area (Å²) in [4.78, 5) is 12.3. The summed E-state index contributed by atoms with van der Waals surface area (Å²) in [7, 11) is 0. The number of fused-ring (bicyclic) bond motifs is 2. The average Bonchev–Trinajstić information content (AvgIpc) is 3.42. The van der Waals surface area contributed by atoms with Crippen molar-refractivity contribution in [1.29, 1.82) is 0 Å². The van der Waals surface area contributed by atoms with E-state index in [1.165, 1.54) is 4.68 Å². The van der Waals surface area contributed by atoms with Crippen LogP contribution in [0.1, 0.15) is 25.7 Å². The fraction of sp³-hybridized carbons (Fsp3) is 0.455. The van der Waals surface area contributed by atoms with Crippen molar-refractivity contribution in [3.63, 3.8) is 0 Å². The Morgan fingerprint density at radius 1 is 1.24 bits per heavy atom. The lowest BCUT2D eigenvalue weighted by Gasteiger charge is -2.28. The standard InChI is InChI=1S/C22H25F2N7O2/c23-20(24)12-31-19-9-13(1-6-18(19)29-30-31)16-10-25-21-17(16)11-26-22(28-21)27-14-2-4-15(5-3-14)33-8-7-32/h1,6,9-11,14-15,20,32H,2-5,7-8,12H2,(H2,25,26,27,28)/t14-,15-. The van der Waals surface area contributed by atoms with Gasteiger partial charge in [0.1, 0.15) is 17.7 Å². The van der Waals surface area contributed by atoms with E-state index in [1.54, 1.807) is 12.3 Å². The van der Waals surface area contributed by atoms with Crippen LogP contribution in [0.15, 0.2) is 30.6 Å². The van der Waals surface area contributed by atoms with E-state index in [2.05, 4.69) is 30.6 Å². The number of hydrogen-bond donors (Lipinski definition) is 3. The number of alkyl halides is 2. The Morgan fingerprint density at radius 3 is 2.88 bits per heavy atom. The highest BCUT2D eigenvalue weighted by molar-refractivity contribution is 5.95. The van der Waals surface area contributed by atoms with Crippen LogP contribution in [-0.2, 0) is 11.3 Å². The molecule has 33 heavy (non-hydrogen) atoms. The van der Waals surface area contributed by atoms with Crippen LogP contribution in [-0.4, -0.2) is 66.8 Å². The molecule has 3 N–H and O–H groups in total. The van der Waals surface area contributed by atoms with Gasteiger partial charge in [0, 0.05) is 29.4 Å². The number of nitrogens with zero attached hydrogens (tertiary/aromatic N) is 5. The van der Waals surface area contributed by atoms with E-state index < -0.39 is 13.0 Å². The van der Waals surface area contributed by atoms with Crippen LogP contribution in [0.5, 0.6) is 0 Å². The fourth-order valence-electron chi connectivity index (χ4n) is 4.39. The number of hydrogen-bond acceptors (Lipinski definition) is 7. The molecule has 0 amide bonds. The molecule has 3 aromatic heterocycles. The van der Waals surface area contributed by atoms with E-state index >= 15 is 0 Å². The second-order valence-corrected chi connectivity index (χ2v) is 8.24. The van der Waals surface area contributed by atoms with Crippen molar-refractivity contribution in [1.82, 2.24) is 29.9 Å². The quantitative estimate of drug-likeness (QED) is 0.372. The lowest BCUT2D eigenvalue weighted by Crippen LogP contribution is -2.30. The number of halogens is 2. The van der Waals surface area contributed by atoms with Crippen LogP contribution in [0.4, 0.5) is 14.7 Å². The maximum absolute atomic E-state index is 12.9. The topological polar surface area (TPSA) is 114 Å². The van der Waals surface area contributed by atoms with Gasteiger partial charge in [-0.25, -0.2) is 18.4 Å². The molecule has 0 unspecified atom stereocenters. The highest BCUT2D eigenvalue weighted by atomic mass is 19.3. The maximum Gasteiger partial charge on any atom is 0.258 e. The van der Waals surface area contributed by atoms with Crippen molar-refractivity contribution < 1.29 is 18.6 Å². The number of aromatic nitrogens is 6. The number of H-pyrrole nitrogens is 1. The Hall–Kier alpha value is -3.18. The second kappa shape index (κ2) is 9.36. The number of benzene rings is 1. The van der Waals surface area contributed by atoms with Crippen LogP contribution >= 0.6 is 0 Å². The first-order valence-electron chi connectivity index (χ1n) is 11.1. The van der Waals surface area contributed by atoms with Gasteiger partial charge in [0.05, 0.1) is 24.8 Å². The number of aliphatic hydroxyl groups is 1. The molecule has 4 aromatic rings. The van der Waals surface area contributed by atoms with Gasteiger partial charge < -0.3 is 20.1 Å².